The van der Waals surface area contributed by atoms with E-state index in [0.717, 1.165) is 0 Å². The van der Waals surface area contributed by atoms with Crippen LogP contribution in [0.1, 0.15) is 15.9 Å². The number of aromatic hydroxyl groups is 1. The van der Waals surface area contributed by atoms with Gasteiger partial charge in [-0.05, 0) is 27.6 Å². The summed E-state index contributed by atoms with van der Waals surface area (Å²) < 4.78 is 0.370. The predicted molar refractivity (Wildman–Crippen MR) is 47.1 cm³/mol. The van der Waals surface area contributed by atoms with Gasteiger partial charge in [-0.2, -0.15) is 0 Å². The van der Waals surface area contributed by atoms with E-state index >= 15 is 0 Å². The third-order valence-corrected chi connectivity index (χ3v) is 2.41. The number of aliphatic hydroxyl groups excluding tert-OH is 1. The number of hydrogen-bond acceptors (Lipinski definition) is 3. The van der Waals surface area contributed by atoms with Crippen molar-refractivity contribution in [1.29, 1.82) is 0 Å². The minimum absolute atomic E-state index is 0.128. The largest absolute Gasteiger partial charge is 0.506 e. The molecule has 64 valence electrons. The van der Waals surface area contributed by atoms with Gasteiger partial charge in [0.15, 0.2) is 6.29 Å². The summed E-state index contributed by atoms with van der Waals surface area (Å²) in [4.78, 5) is 10.3. The zero-order chi connectivity index (χ0) is 9.14. The van der Waals surface area contributed by atoms with Gasteiger partial charge in [-0.3, -0.25) is 4.79 Å². The molecule has 0 fully saturated rings. The molecule has 0 bridgehead atoms. The summed E-state index contributed by atoms with van der Waals surface area (Å²) in [6.45, 7) is -0.173. The molecule has 12 heavy (non-hydrogen) atoms. The molecule has 0 radical (unpaired) electrons. The molecule has 3 nitrogen and oxygen atoms in total. The summed E-state index contributed by atoms with van der Waals surface area (Å²) in [6, 6.07) is 3.03. The monoisotopic (exact) mass is 230 g/mol. The number of carbonyl (C=O) groups excluding carboxylic acids is 1. The minimum atomic E-state index is -0.173. The van der Waals surface area contributed by atoms with Crippen molar-refractivity contribution in [1.82, 2.24) is 0 Å². The van der Waals surface area contributed by atoms with E-state index in [4.69, 9.17) is 5.11 Å². The molecule has 1 aromatic rings. The Morgan fingerprint density at radius 3 is 2.67 bits per heavy atom. The fourth-order valence-electron chi connectivity index (χ4n) is 0.838. The number of hydrogen-bond donors (Lipinski definition) is 2. The van der Waals surface area contributed by atoms with E-state index in [0.29, 0.717) is 16.3 Å². The van der Waals surface area contributed by atoms with Crippen LogP contribution in [0.4, 0.5) is 0 Å². The van der Waals surface area contributed by atoms with Gasteiger partial charge in [0, 0.05) is 0 Å². The third-order valence-electron chi connectivity index (χ3n) is 1.52. The Kier molecular flexibility index (Phi) is 2.83. The van der Waals surface area contributed by atoms with Gasteiger partial charge in [-0.25, -0.2) is 0 Å². The molecule has 0 aliphatic heterocycles. The molecule has 0 aromatic heterocycles. The first-order valence-electron chi connectivity index (χ1n) is 3.27. The molecule has 0 atom stereocenters. The average molecular weight is 231 g/mol. The molecule has 0 aliphatic carbocycles. The van der Waals surface area contributed by atoms with Gasteiger partial charge >= 0.3 is 0 Å². The molecule has 0 aliphatic rings. The van der Waals surface area contributed by atoms with Crippen LogP contribution in [-0.2, 0) is 6.61 Å². The Morgan fingerprint density at radius 1 is 1.50 bits per heavy atom. The van der Waals surface area contributed by atoms with E-state index in [1.807, 2.05) is 0 Å². The number of halogens is 1. The summed E-state index contributed by atoms with van der Waals surface area (Å²) >= 11 is 3.06. The maximum atomic E-state index is 10.3. The summed E-state index contributed by atoms with van der Waals surface area (Å²) in [7, 11) is 0. The van der Waals surface area contributed by atoms with Crippen LogP contribution in [0.15, 0.2) is 16.6 Å². The normalized spacial score (nSPS) is 9.83. The van der Waals surface area contributed by atoms with Gasteiger partial charge < -0.3 is 10.2 Å². The number of carbonyl (C=O) groups is 1. The quantitative estimate of drug-likeness (QED) is 0.757. The second-order valence-electron chi connectivity index (χ2n) is 2.25. The molecule has 0 spiro atoms. The lowest BCUT2D eigenvalue weighted by Crippen LogP contribution is -1.89. The highest BCUT2D eigenvalue weighted by atomic mass is 79.9. The second-order valence-corrected chi connectivity index (χ2v) is 3.05. The number of phenols is 1. The van der Waals surface area contributed by atoms with E-state index in [-0.39, 0.29) is 17.9 Å². The molecular weight excluding hydrogens is 224 g/mol. The fourth-order valence-corrected chi connectivity index (χ4v) is 1.32. The lowest BCUT2D eigenvalue weighted by molar-refractivity contribution is 0.112. The van der Waals surface area contributed by atoms with Crippen LogP contribution < -0.4 is 0 Å². The molecular formula is C8H7BrO3. The van der Waals surface area contributed by atoms with Crippen molar-refractivity contribution < 1.29 is 15.0 Å². The first-order chi connectivity index (χ1) is 5.70. The molecule has 0 saturated carbocycles. The van der Waals surface area contributed by atoms with Gasteiger partial charge in [0.05, 0.1) is 16.6 Å². The third kappa shape index (κ3) is 1.49. The lowest BCUT2D eigenvalue weighted by atomic mass is 10.1. The average Bonchev–Trinajstić information content (AvgIpc) is 2.10. The summed E-state index contributed by atoms with van der Waals surface area (Å²) in [5.41, 5.74) is 0.761. The number of rotatable bonds is 2. The zero-order valence-corrected chi connectivity index (χ0v) is 7.71. The van der Waals surface area contributed by atoms with Gasteiger partial charge in [-0.1, -0.05) is 6.07 Å². The van der Waals surface area contributed by atoms with Crippen LogP contribution in [-0.4, -0.2) is 16.5 Å². The number of aliphatic hydroxyl groups is 1. The van der Waals surface area contributed by atoms with Crippen LogP contribution >= 0.6 is 15.9 Å². The minimum Gasteiger partial charge on any atom is -0.506 e. The van der Waals surface area contributed by atoms with E-state index in [1.54, 1.807) is 6.07 Å². The van der Waals surface area contributed by atoms with E-state index < -0.39 is 0 Å². The lowest BCUT2D eigenvalue weighted by Gasteiger charge is -2.04. The maximum absolute atomic E-state index is 10.3. The standard InChI is InChI=1S/C8H7BrO3/c9-7-5(3-10)1-2-6(4-11)8(7)12/h1-2,4,10,12H,3H2. The van der Waals surface area contributed by atoms with Gasteiger partial charge in [-0.15, -0.1) is 0 Å². The van der Waals surface area contributed by atoms with Crippen LogP contribution in [0.5, 0.6) is 5.75 Å². The fraction of sp³-hybridized carbons (Fsp3) is 0.125. The van der Waals surface area contributed by atoms with Crippen molar-refractivity contribution in [3.63, 3.8) is 0 Å². The van der Waals surface area contributed by atoms with Crippen molar-refractivity contribution in [3.05, 3.63) is 27.7 Å². The summed E-state index contributed by atoms with van der Waals surface area (Å²) in [5.74, 6) is -0.128. The molecule has 2 N–H and O–H groups in total. The molecule has 4 heteroatoms. The van der Waals surface area contributed by atoms with Gasteiger partial charge in [0.2, 0.25) is 0 Å². The first kappa shape index (κ1) is 9.22. The summed E-state index contributed by atoms with van der Waals surface area (Å²) in [5, 5.41) is 18.1. The Balaban J connectivity index is 3.29. The number of aldehydes is 1. The van der Waals surface area contributed by atoms with Crippen LogP contribution in [0.25, 0.3) is 0 Å². The van der Waals surface area contributed by atoms with Crippen molar-refractivity contribution in [2.75, 3.05) is 0 Å². The molecule has 0 amide bonds. The van der Waals surface area contributed by atoms with E-state index in [9.17, 15) is 9.90 Å². The highest BCUT2D eigenvalue weighted by Gasteiger charge is 2.08. The Labute approximate surface area is 77.8 Å². The van der Waals surface area contributed by atoms with Crippen LogP contribution in [0.3, 0.4) is 0 Å². The van der Waals surface area contributed by atoms with Gasteiger partial charge in [0.1, 0.15) is 5.75 Å². The van der Waals surface area contributed by atoms with Crippen LogP contribution in [0, 0.1) is 0 Å². The topological polar surface area (TPSA) is 57.5 Å². The molecule has 1 rings (SSSR count). The first-order valence-corrected chi connectivity index (χ1v) is 4.06. The smallest absolute Gasteiger partial charge is 0.153 e. The summed E-state index contributed by atoms with van der Waals surface area (Å²) in [6.07, 6.45) is 0.557. The van der Waals surface area contributed by atoms with E-state index in [1.165, 1.54) is 6.07 Å². The van der Waals surface area contributed by atoms with E-state index in [2.05, 4.69) is 15.9 Å². The van der Waals surface area contributed by atoms with Crippen molar-refractivity contribution in [2.45, 2.75) is 6.61 Å². The molecule has 0 unspecified atom stereocenters. The Morgan fingerprint density at radius 2 is 2.17 bits per heavy atom. The van der Waals surface area contributed by atoms with Crippen molar-refractivity contribution >= 4 is 22.2 Å². The molecule has 0 heterocycles. The SMILES string of the molecule is O=Cc1ccc(CO)c(Br)c1O. The second kappa shape index (κ2) is 3.69. The highest BCUT2D eigenvalue weighted by Crippen LogP contribution is 2.30. The highest BCUT2D eigenvalue weighted by molar-refractivity contribution is 9.10. The predicted octanol–water partition coefficient (Wildman–Crippen LogP) is 1.46. The van der Waals surface area contributed by atoms with Crippen molar-refractivity contribution in [3.8, 4) is 5.75 Å². The number of benzene rings is 1. The Hall–Kier alpha value is -0.870. The molecule has 1 aromatic carbocycles. The van der Waals surface area contributed by atoms with Gasteiger partial charge in [0.25, 0.3) is 0 Å². The van der Waals surface area contributed by atoms with Crippen molar-refractivity contribution in [2.24, 2.45) is 0 Å². The maximum Gasteiger partial charge on any atom is 0.153 e. The Bertz CT molecular complexity index is 309. The van der Waals surface area contributed by atoms with Crippen LogP contribution in [0.2, 0.25) is 0 Å². The number of phenolic OH excluding ortho intramolecular Hbond substituents is 1. The molecule has 0 saturated heterocycles. The zero-order valence-electron chi connectivity index (χ0n) is 6.12.